The Morgan fingerprint density at radius 3 is 2.22 bits per heavy atom. The standard InChI is InChI=1S/C23H23Cl2N3O7S2/c1-34-16-9-12-21(35-2)19(13-16)27-37(32,33)17-10-7-15(8-11-17)26-22(29)14-28(36(3,30)31)20-6-4-5-18(24)23(20)25/h4-13,27H,14H2,1-3H3,(H,26,29). The molecule has 3 aromatic carbocycles. The van der Waals surface area contributed by atoms with Gasteiger partial charge in [0.15, 0.2) is 0 Å². The summed E-state index contributed by atoms with van der Waals surface area (Å²) in [7, 11) is -5.05. The maximum absolute atomic E-state index is 12.9. The molecule has 0 heterocycles. The second-order valence-corrected chi connectivity index (χ2v) is 12.0. The monoisotopic (exact) mass is 587 g/mol. The van der Waals surface area contributed by atoms with E-state index in [1.165, 1.54) is 62.8 Å². The molecule has 2 N–H and O–H groups in total. The number of benzene rings is 3. The van der Waals surface area contributed by atoms with Crippen molar-refractivity contribution >= 4 is 66.2 Å². The smallest absolute Gasteiger partial charge is 0.262 e. The Kier molecular flexibility index (Phi) is 8.80. The maximum Gasteiger partial charge on any atom is 0.262 e. The number of carbonyl (C=O) groups is 1. The number of methoxy groups -OCH3 is 2. The summed E-state index contributed by atoms with van der Waals surface area (Å²) in [6.45, 7) is -0.587. The zero-order valence-corrected chi connectivity index (χ0v) is 23.0. The molecule has 198 valence electrons. The van der Waals surface area contributed by atoms with E-state index < -0.39 is 32.5 Å². The van der Waals surface area contributed by atoms with Crippen LogP contribution >= 0.6 is 23.2 Å². The van der Waals surface area contributed by atoms with Crippen molar-refractivity contribution in [2.24, 2.45) is 0 Å². The van der Waals surface area contributed by atoms with E-state index in [0.29, 0.717) is 11.5 Å². The van der Waals surface area contributed by atoms with Crippen molar-refractivity contribution in [3.8, 4) is 11.5 Å². The van der Waals surface area contributed by atoms with Crippen LogP contribution < -0.4 is 23.8 Å². The maximum atomic E-state index is 12.9. The topological polar surface area (TPSA) is 131 Å². The minimum atomic E-state index is -4.01. The highest BCUT2D eigenvalue weighted by molar-refractivity contribution is 7.92. The molecule has 0 saturated carbocycles. The first-order chi connectivity index (χ1) is 17.4. The van der Waals surface area contributed by atoms with Gasteiger partial charge in [0, 0.05) is 11.8 Å². The van der Waals surface area contributed by atoms with Gasteiger partial charge in [-0.15, -0.1) is 0 Å². The van der Waals surface area contributed by atoms with Crippen molar-refractivity contribution in [3.05, 3.63) is 70.7 Å². The lowest BCUT2D eigenvalue weighted by Crippen LogP contribution is -2.37. The Morgan fingerprint density at radius 1 is 0.946 bits per heavy atom. The van der Waals surface area contributed by atoms with E-state index in [4.69, 9.17) is 32.7 Å². The number of ether oxygens (including phenoxy) is 2. The van der Waals surface area contributed by atoms with Gasteiger partial charge < -0.3 is 14.8 Å². The van der Waals surface area contributed by atoms with Crippen LogP contribution in [0, 0.1) is 0 Å². The van der Waals surface area contributed by atoms with Crippen LogP contribution in [0.15, 0.2) is 65.6 Å². The summed E-state index contributed by atoms with van der Waals surface area (Å²) in [4.78, 5) is 12.6. The number of sulfonamides is 2. The van der Waals surface area contributed by atoms with Crippen LogP contribution in [0.4, 0.5) is 17.1 Å². The zero-order chi connectivity index (χ0) is 27.4. The Hall–Kier alpha value is -3.19. The van der Waals surface area contributed by atoms with E-state index in [1.807, 2.05) is 0 Å². The van der Waals surface area contributed by atoms with Gasteiger partial charge in [-0.2, -0.15) is 0 Å². The van der Waals surface area contributed by atoms with Gasteiger partial charge >= 0.3 is 0 Å². The van der Waals surface area contributed by atoms with Crippen LogP contribution in [0.5, 0.6) is 11.5 Å². The predicted octanol–water partition coefficient (Wildman–Crippen LogP) is 4.22. The third-order valence-electron chi connectivity index (χ3n) is 4.99. The number of nitrogens with zero attached hydrogens (tertiary/aromatic N) is 1. The van der Waals surface area contributed by atoms with Gasteiger partial charge in [0.25, 0.3) is 10.0 Å². The molecule has 0 unspecified atom stereocenters. The number of hydrogen-bond donors (Lipinski definition) is 2. The number of halogens is 2. The summed E-state index contributed by atoms with van der Waals surface area (Å²) in [5.41, 5.74) is 0.473. The van der Waals surface area contributed by atoms with Crippen molar-refractivity contribution in [2.45, 2.75) is 4.90 Å². The van der Waals surface area contributed by atoms with Crippen molar-refractivity contribution in [1.82, 2.24) is 0 Å². The highest BCUT2D eigenvalue weighted by Gasteiger charge is 2.24. The predicted molar refractivity (Wildman–Crippen MR) is 144 cm³/mol. The van der Waals surface area contributed by atoms with Crippen LogP contribution in [-0.4, -0.2) is 49.8 Å². The minimum Gasteiger partial charge on any atom is -0.497 e. The van der Waals surface area contributed by atoms with Crippen molar-refractivity contribution < 1.29 is 31.1 Å². The van der Waals surface area contributed by atoms with E-state index >= 15 is 0 Å². The number of amides is 1. The van der Waals surface area contributed by atoms with E-state index in [1.54, 1.807) is 12.1 Å². The highest BCUT2D eigenvalue weighted by Crippen LogP contribution is 2.34. The van der Waals surface area contributed by atoms with Crippen molar-refractivity contribution in [2.75, 3.05) is 41.4 Å². The molecule has 37 heavy (non-hydrogen) atoms. The zero-order valence-electron chi connectivity index (χ0n) is 19.9. The molecule has 0 bridgehead atoms. The number of nitrogens with one attached hydrogen (secondary N) is 2. The first-order valence-corrected chi connectivity index (χ1v) is 14.5. The molecule has 0 radical (unpaired) electrons. The molecular weight excluding hydrogens is 565 g/mol. The lowest BCUT2D eigenvalue weighted by Gasteiger charge is -2.23. The van der Waals surface area contributed by atoms with Gasteiger partial charge in [-0.1, -0.05) is 29.3 Å². The molecule has 0 aliphatic rings. The van der Waals surface area contributed by atoms with Gasteiger partial charge in [0.1, 0.15) is 18.0 Å². The summed E-state index contributed by atoms with van der Waals surface area (Å²) in [6.07, 6.45) is 0.932. The molecule has 0 aromatic heterocycles. The average molecular weight is 588 g/mol. The molecule has 14 heteroatoms. The van der Waals surface area contributed by atoms with E-state index in [2.05, 4.69) is 10.0 Å². The highest BCUT2D eigenvalue weighted by atomic mass is 35.5. The third kappa shape index (κ3) is 6.98. The fraction of sp³-hybridized carbons (Fsp3) is 0.174. The second kappa shape index (κ2) is 11.5. The summed E-state index contributed by atoms with van der Waals surface area (Å²) < 4.78 is 64.0. The fourth-order valence-corrected chi connectivity index (χ4v) is 5.58. The normalized spacial score (nSPS) is 11.5. The van der Waals surface area contributed by atoms with E-state index in [9.17, 15) is 21.6 Å². The van der Waals surface area contributed by atoms with Gasteiger partial charge in [0.05, 0.1) is 46.8 Å². The Morgan fingerprint density at radius 2 is 1.62 bits per heavy atom. The molecule has 0 aliphatic carbocycles. The Balaban J connectivity index is 1.76. The number of carbonyl (C=O) groups excluding carboxylic acids is 1. The van der Waals surface area contributed by atoms with Crippen LogP contribution in [0.1, 0.15) is 0 Å². The van der Waals surface area contributed by atoms with Gasteiger partial charge in [-0.25, -0.2) is 16.8 Å². The first-order valence-electron chi connectivity index (χ1n) is 10.4. The van der Waals surface area contributed by atoms with E-state index in [-0.39, 0.29) is 32.0 Å². The van der Waals surface area contributed by atoms with Crippen LogP contribution in [0.25, 0.3) is 0 Å². The quantitative estimate of drug-likeness (QED) is 0.363. The molecule has 3 aromatic rings. The Labute approximate surface area is 225 Å². The molecule has 0 spiro atoms. The third-order valence-corrected chi connectivity index (χ3v) is 8.30. The lowest BCUT2D eigenvalue weighted by molar-refractivity contribution is -0.114. The molecule has 10 nitrogen and oxygen atoms in total. The van der Waals surface area contributed by atoms with Gasteiger partial charge in [-0.3, -0.25) is 13.8 Å². The first kappa shape index (κ1) is 28.4. The summed E-state index contributed by atoms with van der Waals surface area (Å²) in [5, 5.41) is 2.65. The number of anilines is 3. The largest absolute Gasteiger partial charge is 0.497 e. The average Bonchev–Trinajstić information content (AvgIpc) is 2.84. The van der Waals surface area contributed by atoms with Crippen LogP contribution in [0.2, 0.25) is 10.0 Å². The Bertz CT molecular complexity index is 1510. The summed E-state index contributed by atoms with van der Waals surface area (Å²) >= 11 is 12.1. The summed E-state index contributed by atoms with van der Waals surface area (Å²) in [6, 6.07) is 14.4. The second-order valence-electron chi connectivity index (χ2n) is 7.59. The minimum absolute atomic E-state index is 0.0166. The SMILES string of the molecule is COc1ccc(OC)c(NS(=O)(=O)c2ccc(NC(=O)CN(c3cccc(Cl)c3Cl)S(C)(=O)=O)cc2)c1. The molecular formula is C23H23Cl2N3O7S2. The molecule has 3 rings (SSSR count). The van der Waals surface area contributed by atoms with E-state index in [0.717, 1.165) is 10.6 Å². The molecule has 0 fully saturated rings. The molecule has 0 saturated heterocycles. The van der Waals surface area contributed by atoms with Crippen LogP contribution in [0.3, 0.4) is 0 Å². The van der Waals surface area contributed by atoms with Gasteiger partial charge in [0.2, 0.25) is 15.9 Å². The lowest BCUT2D eigenvalue weighted by atomic mass is 10.3. The number of rotatable bonds is 10. The molecule has 1 amide bonds. The van der Waals surface area contributed by atoms with Crippen molar-refractivity contribution in [1.29, 1.82) is 0 Å². The molecule has 0 aliphatic heterocycles. The summed E-state index contributed by atoms with van der Waals surface area (Å²) in [5.74, 6) is 0.0403. The molecule has 0 atom stereocenters. The fourth-order valence-electron chi connectivity index (χ4n) is 3.21. The van der Waals surface area contributed by atoms with Crippen molar-refractivity contribution in [3.63, 3.8) is 0 Å². The van der Waals surface area contributed by atoms with Crippen LogP contribution in [-0.2, 0) is 24.8 Å². The number of hydrogen-bond acceptors (Lipinski definition) is 7. The van der Waals surface area contributed by atoms with Gasteiger partial charge in [-0.05, 0) is 48.5 Å².